The number of aliphatic hydroxyl groups is 1. The van der Waals surface area contributed by atoms with Crippen LogP contribution in [-0.4, -0.2) is 17.5 Å². The molecule has 80 valence electrons. The summed E-state index contributed by atoms with van der Waals surface area (Å²) < 4.78 is 0. The molecule has 1 N–H and O–H groups in total. The van der Waals surface area contributed by atoms with Gasteiger partial charge in [-0.15, -0.1) is 0 Å². The molecule has 0 unspecified atom stereocenters. The first-order chi connectivity index (χ1) is 7.79. The third-order valence-corrected chi connectivity index (χ3v) is 1.93. The van der Waals surface area contributed by atoms with Gasteiger partial charge < -0.3 is 5.11 Å². The van der Waals surface area contributed by atoms with Crippen molar-refractivity contribution in [3.63, 3.8) is 0 Å². The fourth-order valence-corrected chi connectivity index (χ4v) is 1.22. The van der Waals surface area contributed by atoms with Crippen molar-refractivity contribution in [2.75, 3.05) is 6.61 Å². The lowest BCUT2D eigenvalue weighted by molar-refractivity contribution is 0.0997. The summed E-state index contributed by atoms with van der Waals surface area (Å²) in [7, 11) is 0. The van der Waals surface area contributed by atoms with E-state index in [4.69, 9.17) is 10.4 Å². The number of ketones is 1. The largest absolute Gasteiger partial charge is 0.395 e. The summed E-state index contributed by atoms with van der Waals surface area (Å²) in [4.78, 5) is 11.6. The van der Waals surface area contributed by atoms with Crippen LogP contribution in [0, 0.1) is 23.2 Å². The number of rotatable bonds is 3. The maximum absolute atomic E-state index is 11.6. The van der Waals surface area contributed by atoms with E-state index in [1.807, 2.05) is 6.07 Å². The highest BCUT2D eigenvalue weighted by atomic mass is 16.2. The Bertz CT molecular complexity index is 475. The molecule has 0 spiro atoms. The Kier molecular flexibility index (Phi) is 4.79. The predicted molar refractivity (Wildman–Crippen MR) is 59.6 cm³/mol. The Hall–Kier alpha value is -2.10. The maximum Gasteiger partial charge on any atom is 0.178 e. The lowest BCUT2D eigenvalue weighted by Crippen LogP contribution is -2.00. The Balaban J connectivity index is 2.98. The SMILES string of the molecule is N#CCC(=O)c1ccccc1C#CCCO. The molecule has 3 nitrogen and oxygen atoms in total. The number of aliphatic hydroxyl groups excluding tert-OH is 1. The van der Waals surface area contributed by atoms with E-state index in [0.717, 1.165) is 0 Å². The minimum atomic E-state index is -0.226. The number of carbonyl (C=O) groups excluding carboxylic acids is 1. The van der Waals surface area contributed by atoms with Crippen molar-refractivity contribution in [1.29, 1.82) is 5.26 Å². The summed E-state index contributed by atoms with van der Waals surface area (Å²) in [6.07, 6.45) is 0.236. The topological polar surface area (TPSA) is 61.1 Å². The molecule has 1 rings (SSSR count). The highest BCUT2D eigenvalue weighted by Crippen LogP contribution is 2.09. The fourth-order valence-electron chi connectivity index (χ4n) is 1.22. The predicted octanol–water partition coefficient (Wildman–Crippen LogP) is 1.52. The number of nitriles is 1. The average Bonchev–Trinajstić information content (AvgIpc) is 2.30. The molecule has 16 heavy (non-hydrogen) atoms. The van der Waals surface area contributed by atoms with E-state index in [1.165, 1.54) is 0 Å². The Morgan fingerprint density at radius 2 is 2.12 bits per heavy atom. The zero-order valence-electron chi connectivity index (χ0n) is 8.73. The van der Waals surface area contributed by atoms with Crippen LogP contribution in [-0.2, 0) is 0 Å². The fraction of sp³-hybridized carbons (Fsp3) is 0.231. The van der Waals surface area contributed by atoms with Gasteiger partial charge in [0.15, 0.2) is 5.78 Å². The van der Waals surface area contributed by atoms with Crippen LogP contribution in [0.5, 0.6) is 0 Å². The van der Waals surface area contributed by atoms with Crippen LogP contribution >= 0.6 is 0 Å². The van der Waals surface area contributed by atoms with Gasteiger partial charge in [-0.05, 0) is 6.07 Å². The highest BCUT2D eigenvalue weighted by Gasteiger charge is 2.08. The van der Waals surface area contributed by atoms with Crippen LogP contribution < -0.4 is 0 Å². The normalized spacial score (nSPS) is 8.75. The van der Waals surface area contributed by atoms with Gasteiger partial charge in [-0.3, -0.25) is 4.79 Å². The number of Topliss-reactive ketones (excluding diaryl/α,β-unsaturated/α-hetero) is 1. The minimum Gasteiger partial charge on any atom is -0.395 e. The monoisotopic (exact) mass is 213 g/mol. The molecule has 1 aromatic rings. The highest BCUT2D eigenvalue weighted by molar-refractivity contribution is 5.99. The molecule has 0 radical (unpaired) electrons. The van der Waals surface area contributed by atoms with Crippen LogP contribution in [0.25, 0.3) is 0 Å². The molecule has 1 aromatic carbocycles. The molecule has 0 aliphatic rings. The van der Waals surface area contributed by atoms with Crippen molar-refractivity contribution >= 4 is 5.78 Å². The lowest BCUT2D eigenvalue weighted by atomic mass is 10.0. The van der Waals surface area contributed by atoms with Crippen LogP contribution in [0.3, 0.4) is 0 Å². The van der Waals surface area contributed by atoms with E-state index in [1.54, 1.807) is 24.3 Å². The summed E-state index contributed by atoms with van der Waals surface area (Å²) in [6.45, 7) is 0.00130. The van der Waals surface area contributed by atoms with Crippen molar-refractivity contribution in [3.8, 4) is 17.9 Å². The molecular formula is C13H11NO2. The minimum absolute atomic E-state index is 0.00130. The lowest BCUT2D eigenvalue weighted by Gasteiger charge is -1.99. The Morgan fingerprint density at radius 1 is 1.38 bits per heavy atom. The molecule has 0 saturated carbocycles. The molecule has 0 bridgehead atoms. The summed E-state index contributed by atoms with van der Waals surface area (Å²) in [6, 6.07) is 8.73. The van der Waals surface area contributed by atoms with Gasteiger partial charge in [0.1, 0.15) is 0 Å². The van der Waals surface area contributed by atoms with Crippen molar-refractivity contribution in [1.82, 2.24) is 0 Å². The number of hydrogen-bond donors (Lipinski definition) is 1. The smallest absolute Gasteiger partial charge is 0.178 e. The van der Waals surface area contributed by atoms with Crippen molar-refractivity contribution in [3.05, 3.63) is 35.4 Å². The summed E-state index contributed by atoms with van der Waals surface area (Å²) in [5.41, 5.74) is 1.07. The molecule has 0 atom stereocenters. The molecule has 3 heteroatoms. The van der Waals surface area contributed by atoms with Crippen molar-refractivity contribution in [2.24, 2.45) is 0 Å². The maximum atomic E-state index is 11.6. The number of benzene rings is 1. The number of carbonyl (C=O) groups is 1. The van der Waals surface area contributed by atoms with Gasteiger partial charge in [-0.2, -0.15) is 5.26 Å². The van der Waals surface area contributed by atoms with E-state index in [-0.39, 0.29) is 18.8 Å². The second-order valence-corrected chi connectivity index (χ2v) is 3.08. The first-order valence-electron chi connectivity index (χ1n) is 4.88. The standard InChI is InChI=1S/C13H11NO2/c14-9-8-13(16)12-7-2-1-5-11(12)6-3-4-10-15/h1-2,5,7,15H,4,8,10H2. The second kappa shape index (κ2) is 6.40. The molecule has 0 aromatic heterocycles. The third kappa shape index (κ3) is 3.24. The molecule has 0 aliphatic carbocycles. The van der Waals surface area contributed by atoms with Gasteiger partial charge in [0.05, 0.1) is 19.1 Å². The van der Waals surface area contributed by atoms with Gasteiger partial charge in [-0.25, -0.2) is 0 Å². The van der Waals surface area contributed by atoms with Gasteiger partial charge in [-0.1, -0.05) is 30.0 Å². The zero-order valence-corrected chi connectivity index (χ0v) is 8.73. The number of hydrogen-bond acceptors (Lipinski definition) is 3. The van der Waals surface area contributed by atoms with Gasteiger partial charge in [0.25, 0.3) is 0 Å². The van der Waals surface area contributed by atoms with E-state index >= 15 is 0 Å². The second-order valence-electron chi connectivity index (χ2n) is 3.08. The van der Waals surface area contributed by atoms with E-state index in [9.17, 15) is 4.79 Å². The van der Waals surface area contributed by atoms with Gasteiger partial charge >= 0.3 is 0 Å². The quantitative estimate of drug-likeness (QED) is 0.611. The molecule has 0 aliphatic heterocycles. The number of nitrogens with zero attached hydrogens (tertiary/aromatic N) is 1. The molecule has 0 heterocycles. The van der Waals surface area contributed by atoms with Crippen LogP contribution in [0.1, 0.15) is 28.8 Å². The van der Waals surface area contributed by atoms with Gasteiger partial charge in [0, 0.05) is 17.5 Å². The third-order valence-electron chi connectivity index (χ3n) is 1.93. The Morgan fingerprint density at radius 3 is 2.81 bits per heavy atom. The molecular weight excluding hydrogens is 202 g/mol. The molecule has 0 saturated heterocycles. The van der Waals surface area contributed by atoms with Crippen LogP contribution in [0.15, 0.2) is 24.3 Å². The average molecular weight is 213 g/mol. The first-order valence-corrected chi connectivity index (χ1v) is 4.88. The van der Waals surface area contributed by atoms with Crippen molar-refractivity contribution in [2.45, 2.75) is 12.8 Å². The van der Waals surface area contributed by atoms with Crippen molar-refractivity contribution < 1.29 is 9.90 Å². The molecule has 0 amide bonds. The van der Waals surface area contributed by atoms with Crippen LogP contribution in [0.4, 0.5) is 0 Å². The summed E-state index contributed by atoms with van der Waals surface area (Å²) in [5, 5.41) is 17.1. The molecule has 0 fully saturated rings. The van der Waals surface area contributed by atoms with Crippen LogP contribution in [0.2, 0.25) is 0 Å². The Labute approximate surface area is 94.3 Å². The first kappa shape index (κ1) is 12.0. The van der Waals surface area contributed by atoms with Gasteiger partial charge in [0.2, 0.25) is 0 Å². The zero-order chi connectivity index (χ0) is 11.8. The van der Waals surface area contributed by atoms with E-state index in [2.05, 4.69) is 11.8 Å². The van der Waals surface area contributed by atoms with E-state index < -0.39 is 0 Å². The summed E-state index contributed by atoms with van der Waals surface area (Å²) >= 11 is 0. The van der Waals surface area contributed by atoms with E-state index in [0.29, 0.717) is 17.5 Å². The summed E-state index contributed by atoms with van der Waals surface area (Å²) in [5.74, 6) is 5.34.